The van der Waals surface area contributed by atoms with Crippen LogP contribution in [0.4, 0.5) is 11.4 Å². The Morgan fingerprint density at radius 2 is 1.75 bits per heavy atom. The molecule has 0 saturated heterocycles. The van der Waals surface area contributed by atoms with Crippen LogP contribution in [0, 0.1) is 20.2 Å². The second kappa shape index (κ2) is 3.61. The van der Waals surface area contributed by atoms with E-state index in [9.17, 15) is 25.0 Å². The van der Waals surface area contributed by atoms with E-state index in [0.717, 1.165) is 28.7 Å². The summed E-state index contributed by atoms with van der Waals surface area (Å²) in [4.78, 5) is 30.9. The number of benzene rings is 1. The third-order valence-electron chi connectivity index (χ3n) is 1.81. The average Bonchev–Trinajstić information content (AvgIpc) is 2.55. The molecule has 0 fully saturated rings. The third kappa shape index (κ3) is 1.66. The largest absolute Gasteiger partial charge is 0.294 e. The highest BCUT2D eigenvalue weighted by molar-refractivity contribution is 7.35. The summed E-state index contributed by atoms with van der Waals surface area (Å²) in [6.45, 7) is 0. The zero-order valence-corrected chi connectivity index (χ0v) is 9.04. The molecule has 2 rings (SSSR count). The number of nitrogens with zero attached hydrogens (tertiary/aromatic N) is 2. The molecule has 0 radical (unpaired) electrons. The van der Waals surface area contributed by atoms with Crippen molar-refractivity contribution in [1.29, 1.82) is 0 Å². The van der Waals surface area contributed by atoms with Gasteiger partial charge in [0.25, 0.3) is 15.4 Å². The minimum Gasteiger partial charge on any atom is -0.265 e. The Morgan fingerprint density at radius 1 is 1.06 bits per heavy atom. The first-order chi connectivity index (χ1) is 7.49. The minimum absolute atomic E-state index is 0.186. The fraction of sp³-hybridized carbons (Fsp3) is 0. The van der Waals surface area contributed by atoms with Crippen LogP contribution >= 0.6 is 22.7 Å². The van der Waals surface area contributed by atoms with Crippen LogP contribution in [0.3, 0.4) is 0 Å². The molecule has 2 aromatic rings. The van der Waals surface area contributed by atoms with Gasteiger partial charge in [-0.25, -0.2) is 0 Å². The van der Waals surface area contributed by atoms with Gasteiger partial charge in [-0.15, -0.1) is 0 Å². The molecule has 0 atom stereocenters. The Bertz CT molecular complexity index is 658. The standard InChI is InChI=1S/C7H2N2O5S2/c10-7-15-5-2-3(8(11)12)1-4(9(13)14)6(5)16-7/h1-2H. The van der Waals surface area contributed by atoms with E-state index in [1.807, 2.05) is 0 Å². The lowest BCUT2D eigenvalue weighted by Gasteiger charge is -1.93. The molecule has 9 heteroatoms. The quantitative estimate of drug-likeness (QED) is 0.606. The van der Waals surface area contributed by atoms with E-state index in [2.05, 4.69) is 0 Å². The molecule has 0 aliphatic heterocycles. The van der Waals surface area contributed by atoms with E-state index in [4.69, 9.17) is 0 Å². The summed E-state index contributed by atoms with van der Waals surface area (Å²) in [5.41, 5.74) is -0.777. The summed E-state index contributed by atoms with van der Waals surface area (Å²) in [7, 11) is 0. The number of nitro benzene ring substituents is 2. The fourth-order valence-electron chi connectivity index (χ4n) is 1.19. The van der Waals surface area contributed by atoms with E-state index < -0.39 is 15.5 Å². The lowest BCUT2D eigenvalue weighted by Crippen LogP contribution is -1.92. The molecular weight excluding hydrogens is 256 g/mol. The van der Waals surface area contributed by atoms with Gasteiger partial charge >= 0.3 is 0 Å². The van der Waals surface area contributed by atoms with Crippen molar-refractivity contribution in [2.75, 3.05) is 0 Å². The highest BCUT2D eigenvalue weighted by Crippen LogP contribution is 2.34. The molecule has 16 heavy (non-hydrogen) atoms. The first-order valence-corrected chi connectivity index (χ1v) is 5.49. The van der Waals surface area contributed by atoms with E-state index >= 15 is 0 Å². The number of nitro groups is 2. The summed E-state index contributed by atoms with van der Waals surface area (Å²) < 4.78 is 0.139. The number of hydrogen-bond acceptors (Lipinski definition) is 7. The third-order valence-corrected chi connectivity index (χ3v) is 3.94. The molecule has 0 saturated carbocycles. The monoisotopic (exact) mass is 258 g/mol. The average molecular weight is 258 g/mol. The van der Waals surface area contributed by atoms with Gasteiger partial charge in [0.2, 0.25) is 0 Å². The summed E-state index contributed by atoms with van der Waals surface area (Å²) >= 11 is 1.50. The fourth-order valence-corrected chi connectivity index (χ4v) is 3.24. The molecule has 82 valence electrons. The molecule has 1 heterocycles. The van der Waals surface area contributed by atoms with Crippen molar-refractivity contribution in [3.05, 3.63) is 41.2 Å². The van der Waals surface area contributed by atoms with Gasteiger partial charge in [0, 0.05) is 6.07 Å². The van der Waals surface area contributed by atoms with Crippen LogP contribution in [0.2, 0.25) is 0 Å². The molecule has 0 bridgehead atoms. The van der Waals surface area contributed by atoms with Crippen LogP contribution in [0.1, 0.15) is 0 Å². The topological polar surface area (TPSA) is 103 Å². The lowest BCUT2D eigenvalue weighted by atomic mass is 10.3. The first-order valence-electron chi connectivity index (χ1n) is 3.85. The van der Waals surface area contributed by atoms with Crippen LogP contribution in [0.5, 0.6) is 0 Å². The van der Waals surface area contributed by atoms with Crippen molar-refractivity contribution in [2.24, 2.45) is 0 Å². The maximum Gasteiger partial charge on any atom is 0.294 e. The van der Waals surface area contributed by atoms with E-state index in [0.29, 0.717) is 0 Å². The smallest absolute Gasteiger partial charge is 0.265 e. The lowest BCUT2D eigenvalue weighted by molar-refractivity contribution is -0.392. The molecule has 1 aromatic carbocycles. The Morgan fingerprint density at radius 3 is 2.31 bits per heavy atom. The van der Waals surface area contributed by atoms with Crippen molar-refractivity contribution in [2.45, 2.75) is 0 Å². The maximum absolute atomic E-state index is 11.1. The summed E-state index contributed by atoms with van der Waals surface area (Å²) in [6.07, 6.45) is 0. The first kappa shape index (κ1) is 10.6. The van der Waals surface area contributed by atoms with E-state index in [1.165, 1.54) is 6.07 Å². The maximum atomic E-state index is 11.1. The highest BCUT2D eigenvalue weighted by Gasteiger charge is 2.21. The van der Waals surface area contributed by atoms with Crippen LogP contribution in [0.25, 0.3) is 9.40 Å². The van der Waals surface area contributed by atoms with Crippen LogP contribution < -0.4 is 4.06 Å². The molecular formula is C7H2N2O5S2. The molecule has 0 spiro atoms. The minimum atomic E-state index is -0.724. The molecule has 0 aliphatic carbocycles. The van der Waals surface area contributed by atoms with Gasteiger partial charge in [0.05, 0.1) is 20.6 Å². The van der Waals surface area contributed by atoms with Crippen molar-refractivity contribution in [1.82, 2.24) is 0 Å². The van der Waals surface area contributed by atoms with Crippen LogP contribution in [0.15, 0.2) is 16.9 Å². The molecule has 7 nitrogen and oxygen atoms in total. The molecule has 0 N–H and O–H groups in total. The Labute approximate surface area is 94.9 Å². The summed E-state index contributed by atoms with van der Waals surface area (Å²) in [6, 6.07) is 2.04. The number of non-ortho nitro benzene ring substituents is 2. The Balaban J connectivity index is 2.88. The predicted molar refractivity (Wildman–Crippen MR) is 59.3 cm³/mol. The van der Waals surface area contributed by atoms with E-state index in [1.54, 1.807) is 0 Å². The SMILES string of the molecule is O=c1sc2cc([N+](=O)[O-])cc([N+](=O)[O-])c2s1. The number of rotatable bonds is 2. The second-order valence-corrected chi connectivity index (χ2v) is 5.02. The molecule has 0 amide bonds. The summed E-state index contributed by atoms with van der Waals surface area (Å²) in [5.74, 6) is 0. The van der Waals surface area contributed by atoms with Gasteiger partial charge < -0.3 is 0 Å². The highest BCUT2D eigenvalue weighted by atomic mass is 32.2. The van der Waals surface area contributed by atoms with Crippen molar-refractivity contribution in [3.8, 4) is 0 Å². The Hall–Kier alpha value is -1.87. The zero-order chi connectivity index (χ0) is 11.9. The van der Waals surface area contributed by atoms with Gasteiger partial charge in [-0.05, 0) is 0 Å². The van der Waals surface area contributed by atoms with Gasteiger partial charge in [-0.1, -0.05) is 22.7 Å². The van der Waals surface area contributed by atoms with Crippen molar-refractivity contribution >= 4 is 43.4 Å². The van der Waals surface area contributed by atoms with Crippen LogP contribution in [-0.2, 0) is 0 Å². The van der Waals surface area contributed by atoms with Crippen molar-refractivity contribution < 1.29 is 9.85 Å². The molecule has 0 unspecified atom stereocenters. The molecule has 0 aliphatic rings. The zero-order valence-electron chi connectivity index (χ0n) is 7.41. The Kier molecular flexibility index (Phi) is 2.40. The van der Waals surface area contributed by atoms with Crippen LogP contribution in [-0.4, -0.2) is 9.85 Å². The van der Waals surface area contributed by atoms with Gasteiger partial charge in [0.15, 0.2) is 0 Å². The number of hydrogen-bond donors (Lipinski definition) is 0. The van der Waals surface area contributed by atoms with E-state index in [-0.39, 0.29) is 19.1 Å². The predicted octanol–water partition coefficient (Wildman–Crippen LogP) is 2.14. The van der Waals surface area contributed by atoms with Gasteiger partial charge in [0.1, 0.15) is 4.70 Å². The normalized spacial score (nSPS) is 10.5. The van der Waals surface area contributed by atoms with Gasteiger partial charge in [-0.3, -0.25) is 25.0 Å². The van der Waals surface area contributed by atoms with Gasteiger partial charge in [-0.2, -0.15) is 0 Å². The summed E-state index contributed by atoms with van der Waals surface area (Å²) in [5, 5.41) is 21.2. The van der Waals surface area contributed by atoms with Crippen molar-refractivity contribution in [3.63, 3.8) is 0 Å². The number of fused-ring (bicyclic) bond motifs is 1. The second-order valence-electron chi connectivity index (χ2n) is 2.76. The molecule has 1 aromatic heterocycles.